The largest absolute Gasteiger partial charge is 0.494 e. The summed E-state index contributed by atoms with van der Waals surface area (Å²) in [5, 5.41) is 7.01. The summed E-state index contributed by atoms with van der Waals surface area (Å²) in [5.74, 6) is 4.17. The standard InChI is InChI=1S/C20H32N4O2S/c1-3-26-18-7-5-4-6-17(18)14-22-19(21-2)23-15-20(8-13-27-16-20)24-9-11-25-12-10-24/h4-7H,3,8-16H2,1-2H3,(H2,21,22,23). The molecule has 1 atom stereocenters. The Morgan fingerprint density at radius 1 is 1.30 bits per heavy atom. The first-order valence-electron chi connectivity index (χ1n) is 9.83. The Morgan fingerprint density at radius 3 is 2.81 bits per heavy atom. The minimum absolute atomic E-state index is 0.204. The number of para-hydroxylation sites is 1. The van der Waals surface area contributed by atoms with Crippen molar-refractivity contribution < 1.29 is 9.47 Å². The van der Waals surface area contributed by atoms with Crippen LogP contribution < -0.4 is 15.4 Å². The number of rotatable bonds is 7. The Balaban J connectivity index is 1.57. The summed E-state index contributed by atoms with van der Waals surface area (Å²) >= 11 is 2.05. The van der Waals surface area contributed by atoms with Crippen LogP contribution in [0.3, 0.4) is 0 Å². The lowest BCUT2D eigenvalue weighted by Gasteiger charge is -2.43. The number of hydrogen-bond acceptors (Lipinski definition) is 5. The van der Waals surface area contributed by atoms with Crippen LogP contribution in [-0.2, 0) is 11.3 Å². The van der Waals surface area contributed by atoms with Crippen LogP contribution in [0.1, 0.15) is 18.9 Å². The minimum atomic E-state index is 0.204. The van der Waals surface area contributed by atoms with Gasteiger partial charge in [-0.25, -0.2) is 0 Å². The van der Waals surface area contributed by atoms with Crippen molar-refractivity contribution in [2.45, 2.75) is 25.4 Å². The Kier molecular flexibility index (Phi) is 7.67. The van der Waals surface area contributed by atoms with Crippen molar-refractivity contribution in [2.24, 2.45) is 4.99 Å². The first-order chi connectivity index (χ1) is 13.3. The van der Waals surface area contributed by atoms with E-state index in [9.17, 15) is 0 Å². The molecule has 0 radical (unpaired) electrons. The van der Waals surface area contributed by atoms with Gasteiger partial charge in [-0.1, -0.05) is 18.2 Å². The first-order valence-corrected chi connectivity index (χ1v) is 11.0. The van der Waals surface area contributed by atoms with E-state index in [2.05, 4.69) is 38.4 Å². The molecule has 1 unspecified atom stereocenters. The van der Waals surface area contributed by atoms with Crippen molar-refractivity contribution in [1.82, 2.24) is 15.5 Å². The highest BCUT2D eigenvalue weighted by atomic mass is 32.2. The predicted molar refractivity (Wildman–Crippen MR) is 113 cm³/mol. The van der Waals surface area contributed by atoms with Crippen molar-refractivity contribution in [2.75, 3.05) is 58.0 Å². The summed E-state index contributed by atoms with van der Waals surface area (Å²) in [7, 11) is 1.83. The molecule has 0 aromatic heterocycles. The van der Waals surface area contributed by atoms with Gasteiger partial charge in [-0.05, 0) is 25.2 Å². The smallest absolute Gasteiger partial charge is 0.191 e. The highest BCUT2D eigenvalue weighted by Gasteiger charge is 2.40. The number of morpholine rings is 1. The molecular weight excluding hydrogens is 360 g/mol. The van der Waals surface area contributed by atoms with Gasteiger partial charge in [0.25, 0.3) is 0 Å². The third-order valence-electron chi connectivity index (χ3n) is 5.29. The molecule has 2 heterocycles. The molecule has 0 amide bonds. The average Bonchev–Trinajstić information content (AvgIpc) is 3.20. The van der Waals surface area contributed by atoms with E-state index in [4.69, 9.17) is 9.47 Å². The van der Waals surface area contributed by atoms with E-state index in [0.717, 1.165) is 50.1 Å². The molecule has 0 saturated carbocycles. The second kappa shape index (κ2) is 10.2. The van der Waals surface area contributed by atoms with Gasteiger partial charge in [-0.2, -0.15) is 11.8 Å². The van der Waals surface area contributed by atoms with Gasteiger partial charge in [0.15, 0.2) is 5.96 Å². The van der Waals surface area contributed by atoms with E-state index < -0.39 is 0 Å². The summed E-state index contributed by atoms with van der Waals surface area (Å²) < 4.78 is 11.3. The lowest BCUT2D eigenvalue weighted by Crippen LogP contribution is -2.60. The zero-order valence-corrected chi connectivity index (χ0v) is 17.3. The second-order valence-corrected chi connectivity index (χ2v) is 8.05. The second-order valence-electron chi connectivity index (χ2n) is 6.95. The number of hydrogen-bond donors (Lipinski definition) is 2. The van der Waals surface area contributed by atoms with E-state index in [1.807, 2.05) is 32.2 Å². The number of thioether (sulfide) groups is 1. The fourth-order valence-corrected chi connectivity index (χ4v) is 5.21. The molecule has 2 fully saturated rings. The van der Waals surface area contributed by atoms with Crippen LogP contribution in [0.4, 0.5) is 0 Å². The molecule has 0 spiro atoms. The molecule has 2 saturated heterocycles. The fourth-order valence-electron chi connectivity index (χ4n) is 3.73. The number of ether oxygens (including phenoxy) is 2. The molecule has 6 nitrogen and oxygen atoms in total. The van der Waals surface area contributed by atoms with Crippen molar-refractivity contribution >= 4 is 17.7 Å². The van der Waals surface area contributed by atoms with E-state index in [0.29, 0.717) is 13.2 Å². The lowest BCUT2D eigenvalue weighted by molar-refractivity contribution is -0.0120. The highest BCUT2D eigenvalue weighted by Crippen LogP contribution is 2.33. The number of aliphatic imine (C=N–C) groups is 1. The van der Waals surface area contributed by atoms with Gasteiger partial charge in [0.2, 0.25) is 0 Å². The van der Waals surface area contributed by atoms with Gasteiger partial charge in [0.05, 0.1) is 19.8 Å². The molecule has 1 aromatic rings. The number of benzene rings is 1. The first kappa shape index (κ1) is 20.3. The maximum Gasteiger partial charge on any atom is 0.191 e. The lowest BCUT2D eigenvalue weighted by atomic mass is 9.95. The summed E-state index contributed by atoms with van der Waals surface area (Å²) in [6.07, 6.45) is 1.22. The van der Waals surface area contributed by atoms with Crippen LogP contribution in [-0.4, -0.2) is 74.4 Å². The van der Waals surface area contributed by atoms with Crippen molar-refractivity contribution in [1.29, 1.82) is 0 Å². The molecule has 2 aliphatic rings. The summed E-state index contributed by atoms with van der Waals surface area (Å²) in [4.78, 5) is 7.03. The van der Waals surface area contributed by atoms with Gasteiger partial charge >= 0.3 is 0 Å². The highest BCUT2D eigenvalue weighted by molar-refractivity contribution is 7.99. The number of nitrogens with one attached hydrogen (secondary N) is 2. The molecular formula is C20H32N4O2S. The van der Waals surface area contributed by atoms with Gasteiger partial charge in [0.1, 0.15) is 5.75 Å². The molecule has 7 heteroatoms. The normalized spacial score (nSPS) is 24.0. The van der Waals surface area contributed by atoms with Crippen molar-refractivity contribution in [3.05, 3.63) is 29.8 Å². The van der Waals surface area contributed by atoms with Crippen LogP contribution in [0.5, 0.6) is 5.75 Å². The molecule has 150 valence electrons. The molecule has 2 N–H and O–H groups in total. The molecule has 3 rings (SSSR count). The summed E-state index contributed by atoms with van der Waals surface area (Å²) in [5.41, 5.74) is 1.34. The van der Waals surface area contributed by atoms with Gasteiger partial charge in [-0.3, -0.25) is 9.89 Å². The monoisotopic (exact) mass is 392 g/mol. The van der Waals surface area contributed by atoms with Gasteiger partial charge in [0, 0.05) is 50.1 Å². The maximum atomic E-state index is 5.72. The molecule has 1 aromatic carbocycles. The SMILES string of the molecule is CCOc1ccccc1CNC(=NC)NCC1(N2CCOCC2)CCSC1. The van der Waals surface area contributed by atoms with E-state index in [1.165, 1.54) is 17.9 Å². The molecule has 0 bridgehead atoms. The van der Waals surface area contributed by atoms with Crippen LogP contribution >= 0.6 is 11.8 Å². The molecule has 27 heavy (non-hydrogen) atoms. The van der Waals surface area contributed by atoms with Gasteiger partial charge < -0.3 is 20.1 Å². The minimum Gasteiger partial charge on any atom is -0.494 e. The Morgan fingerprint density at radius 2 is 2.11 bits per heavy atom. The summed E-state index contributed by atoms with van der Waals surface area (Å²) in [6, 6.07) is 8.15. The van der Waals surface area contributed by atoms with E-state index in [-0.39, 0.29) is 5.54 Å². The zero-order valence-electron chi connectivity index (χ0n) is 16.5. The maximum absolute atomic E-state index is 5.72. The zero-order chi connectivity index (χ0) is 19.0. The number of guanidine groups is 1. The van der Waals surface area contributed by atoms with E-state index in [1.54, 1.807) is 0 Å². The Labute approximate surface area is 167 Å². The van der Waals surface area contributed by atoms with Crippen molar-refractivity contribution in [3.63, 3.8) is 0 Å². The molecule has 2 aliphatic heterocycles. The Hall–Kier alpha value is -1.44. The topological polar surface area (TPSA) is 58.1 Å². The van der Waals surface area contributed by atoms with Crippen LogP contribution in [0.25, 0.3) is 0 Å². The Bertz CT molecular complexity index is 614. The predicted octanol–water partition coefficient (Wildman–Crippen LogP) is 1.96. The fraction of sp³-hybridized carbons (Fsp3) is 0.650. The average molecular weight is 393 g/mol. The van der Waals surface area contributed by atoms with Crippen LogP contribution in [0, 0.1) is 0 Å². The van der Waals surface area contributed by atoms with Crippen molar-refractivity contribution in [3.8, 4) is 5.75 Å². The number of nitrogens with zero attached hydrogens (tertiary/aromatic N) is 2. The summed E-state index contributed by atoms with van der Waals surface area (Å²) in [6.45, 7) is 8.01. The van der Waals surface area contributed by atoms with E-state index >= 15 is 0 Å². The molecule has 0 aliphatic carbocycles. The third-order valence-corrected chi connectivity index (χ3v) is 6.53. The third kappa shape index (κ3) is 5.30. The van der Waals surface area contributed by atoms with Crippen LogP contribution in [0.15, 0.2) is 29.3 Å². The quantitative estimate of drug-likeness (QED) is 0.546. The van der Waals surface area contributed by atoms with Gasteiger partial charge in [-0.15, -0.1) is 0 Å². The van der Waals surface area contributed by atoms with Crippen LogP contribution in [0.2, 0.25) is 0 Å².